The molecule has 6 heteroatoms. The molecule has 1 aliphatic heterocycles. The average Bonchev–Trinajstić information content (AvgIpc) is 3.02. The van der Waals surface area contributed by atoms with Crippen molar-refractivity contribution in [2.45, 2.75) is 26.3 Å². The zero-order chi connectivity index (χ0) is 15.7. The smallest absolute Gasteiger partial charge is 0.270 e. The van der Waals surface area contributed by atoms with Crippen molar-refractivity contribution in [3.05, 3.63) is 29.7 Å². The van der Waals surface area contributed by atoms with Crippen molar-refractivity contribution in [3.63, 3.8) is 0 Å². The minimum atomic E-state index is -0.0704. The molecule has 6 nitrogen and oxygen atoms in total. The highest BCUT2D eigenvalue weighted by atomic mass is 16.5. The number of amides is 1. The van der Waals surface area contributed by atoms with E-state index in [1.54, 1.807) is 0 Å². The van der Waals surface area contributed by atoms with Crippen LogP contribution in [0.5, 0.6) is 5.75 Å². The molecule has 0 aliphatic carbocycles. The lowest BCUT2D eigenvalue weighted by Gasteiger charge is -2.13. The highest BCUT2D eigenvalue weighted by molar-refractivity contribution is 5.95. The monoisotopic (exact) mass is 302 g/mol. The van der Waals surface area contributed by atoms with Crippen molar-refractivity contribution >= 4 is 11.6 Å². The Balaban J connectivity index is 1.91. The minimum absolute atomic E-state index is 0.0704. The van der Waals surface area contributed by atoms with Crippen molar-refractivity contribution in [2.75, 3.05) is 26.7 Å². The van der Waals surface area contributed by atoms with Gasteiger partial charge in [0.05, 0.1) is 12.3 Å². The van der Waals surface area contributed by atoms with Crippen LogP contribution in [0.25, 0.3) is 5.65 Å². The van der Waals surface area contributed by atoms with E-state index in [-0.39, 0.29) is 11.9 Å². The lowest BCUT2D eigenvalue weighted by Crippen LogP contribution is -2.37. The normalized spacial score (nSPS) is 18.8. The van der Waals surface area contributed by atoms with Gasteiger partial charge in [0.25, 0.3) is 5.91 Å². The van der Waals surface area contributed by atoms with Crippen molar-refractivity contribution in [2.24, 2.45) is 0 Å². The molecule has 1 aliphatic rings. The summed E-state index contributed by atoms with van der Waals surface area (Å²) < 4.78 is 7.41. The maximum Gasteiger partial charge on any atom is 0.270 e. The molecular formula is C16H22N4O2. The van der Waals surface area contributed by atoms with Crippen molar-refractivity contribution in [1.82, 2.24) is 19.6 Å². The molecule has 1 atom stereocenters. The summed E-state index contributed by atoms with van der Waals surface area (Å²) in [5.74, 6) is 0.631. The Morgan fingerprint density at radius 3 is 3.05 bits per heavy atom. The van der Waals surface area contributed by atoms with Gasteiger partial charge in [0, 0.05) is 18.8 Å². The van der Waals surface area contributed by atoms with Gasteiger partial charge >= 0.3 is 0 Å². The number of hydrogen-bond donors (Lipinski definition) is 1. The van der Waals surface area contributed by atoms with Crippen LogP contribution in [0.15, 0.2) is 18.3 Å². The van der Waals surface area contributed by atoms with E-state index in [9.17, 15) is 4.79 Å². The summed E-state index contributed by atoms with van der Waals surface area (Å²) in [4.78, 5) is 19.4. The van der Waals surface area contributed by atoms with Gasteiger partial charge in [-0.05, 0) is 46.0 Å². The lowest BCUT2D eigenvalue weighted by molar-refractivity contribution is 0.0932. The quantitative estimate of drug-likeness (QED) is 0.929. The Morgan fingerprint density at radius 1 is 1.55 bits per heavy atom. The summed E-state index contributed by atoms with van der Waals surface area (Å²) in [6.07, 6.45) is 2.84. The summed E-state index contributed by atoms with van der Waals surface area (Å²) in [5, 5.41) is 3.11. The van der Waals surface area contributed by atoms with Crippen LogP contribution in [0, 0.1) is 6.92 Å². The van der Waals surface area contributed by atoms with E-state index in [1.807, 2.05) is 36.6 Å². The Hall–Kier alpha value is -2.08. The number of ether oxygens (including phenoxy) is 1. The summed E-state index contributed by atoms with van der Waals surface area (Å²) in [7, 11) is 2.07. The fraction of sp³-hybridized carbons (Fsp3) is 0.500. The van der Waals surface area contributed by atoms with Crippen LogP contribution in [-0.2, 0) is 0 Å². The molecule has 0 spiro atoms. The van der Waals surface area contributed by atoms with Gasteiger partial charge < -0.3 is 15.0 Å². The predicted molar refractivity (Wildman–Crippen MR) is 84.5 cm³/mol. The molecule has 0 saturated carbocycles. The van der Waals surface area contributed by atoms with Crippen molar-refractivity contribution in [3.8, 4) is 5.75 Å². The van der Waals surface area contributed by atoms with Crippen molar-refractivity contribution < 1.29 is 9.53 Å². The van der Waals surface area contributed by atoms with E-state index in [0.29, 0.717) is 23.7 Å². The molecule has 2 aromatic heterocycles. The summed E-state index contributed by atoms with van der Waals surface area (Å²) in [5.41, 5.74) is 2.00. The van der Waals surface area contributed by atoms with Crippen LogP contribution in [0.4, 0.5) is 0 Å². The van der Waals surface area contributed by atoms with Crippen LogP contribution in [-0.4, -0.2) is 53.0 Å². The fourth-order valence-electron chi connectivity index (χ4n) is 3.00. The van der Waals surface area contributed by atoms with Gasteiger partial charge in [-0.25, -0.2) is 4.98 Å². The number of imidazole rings is 1. The lowest BCUT2D eigenvalue weighted by atomic mass is 10.2. The maximum atomic E-state index is 12.6. The molecule has 0 unspecified atom stereocenters. The SMILES string of the molecule is CCOc1cccn2c(C(=O)N[C@@H]3CCN(C)C3)c(C)nc12. The number of carbonyl (C=O) groups excluding carboxylic acids is 1. The van der Waals surface area contributed by atoms with Gasteiger partial charge in [0.2, 0.25) is 0 Å². The highest BCUT2D eigenvalue weighted by Gasteiger charge is 2.24. The molecule has 118 valence electrons. The molecule has 1 N–H and O–H groups in total. The van der Waals surface area contributed by atoms with Gasteiger partial charge in [-0.2, -0.15) is 0 Å². The molecule has 3 rings (SSSR count). The average molecular weight is 302 g/mol. The van der Waals surface area contributed by atoms with Gasteiger partial charge in [0.1, 0.15) is 5.69 Å². The third kappa shape index (κ3) is 2.66. The van der Waals surface area contributed by atoms with Crippen LogP contribution >= 0.6 is 0 Å². The first-order valence-electron chi connectivity index (χ1n) is 7.70. The summed E-state index contributed by atoms with van der Waals surface area (Å²) in [6.45, 7) is 6.28. The number of nitrogens with one attached hydrogen (secondary N) is 1. The molecule has 3 heterocycles. The van der Waals surface area contributed by atoms with Gasteiger partial charge in [-0.3, -0.25) is 9.20 Å². The second kappa shape index (κ2) is 5.96. The first-order chi connectivity index (χ1) is 10.6. The van der Waals surface area contributed by atoms with E-state index >= 15 is 0 Å². The number of nitrogens with zero attached hydrogens (tertiary/aromatic N) is 3. The number of aromatic nitrogens is 2. The first-order valence-corrected chi connectivity index (χ1v) is 7.70. The van der Waals surface area contributed by atoms with E-state index in [1.165, 1.54) is 0 Å². The number of fused-ring (bicyclic) bond motifs is 1. The van der Waals surface area contributed by atoms with Crippen molar-refractivity contribution in [1.29, 1.82) is 0 Å². The molecule has 0 bridgehead atoms. The second-order valence-corrected chi connectivity index (χ2v) is 5.77. The minimum Gasteiger partial charge on any atom is -0.490 e. The number of hydrogen-bond acceptors (Lipinski definition) is 4. The third-order valence-corrected chi connectivity index (χ3v) is 4.03. The Labute approximate surface area is 130 Å². The molecule has 0 aromatic carbocycles. The third-order valence-electron chi connectivity index (χ3n) is 4.03. The number of rotatable bonds is 4. The van der Waals surface area contributed by atoms with Crippen LogP contribution in [0.3, 0.4) is 0 Å². The molecular weight excluding hydrogens is 280 g/mol. The Morgan fingerprint density at radius 2 is 2.36 bits per heavy atom. The van der Waals surface area contributed by atoms with Gasteiger partial charge in [-0.1, -0.05) is 0 Å². The van der Waals surface area contributed by atoms with E-state index in [2.05, 4.69) is 22.2 Å². The zero-order valence-electron chi connectivity index (χ0n) is 13.3. The number of pyridine rings is 1. The Kier molecular flexibility index (Phi) is 4.02. The number of likely N-dealkylation sites (tertiary alicyclic amines) is 1. The molecule has 1 amide bonds. The van der Waals surface area contributed by atoms with Gasteiger partial charge in [-0.15, -0.1) is 0 Å². The maximum absolute atomic E-state index is 12.6. The number of carbonyl (C=O) groups is 1. The summed E-state index contributed by atoms with van der Waals surface area (Å²) in [6, 6.07) is 3.95. The van der Waals surface area contributed by atoms with Crippen LogP contribution < -0.4 is 10.1 Å². The van der Waals surface area contributed by atoms with E-state index in [4.69, 9.17) is 4.74 Å². The standard InChI is InChI=1S/C16H22N4O2/c1-4-22-13-6-5-8-20-14(11(2)17-15(13)20)16(21)18-12-7-9-19(3)10-12/h5-6,8,12H,4,7,9-10H2,1-3H3,(H,18,21)/t12-/m1/s1. The van der Waals surface area contributed by atoms with Crippen LogP contribution in [0.1, 0.15) is 29.5 Å². The Bertz CT molecular complexity index is 695. The topological polar surface area (TPSA) is 58.9 Å². The van der Waals surface area contributed by atoms with Gasteiger partial charge in [0.15, 0.2) is 11.4 Å². The molecule has 2 aromatic rings. The van der Waals surface area contributed by atoms with Crippen LogP contribution in [0.2, 0.25) is 0 Å². The summed E-state index contributed by atoms with van der Waals surface area (Å²) >= 11 is 0. The fourth-order valence-corrected chi connectivity index (χ4v) is 3.00. The predicted octanol–water partition coefficient (Wildman–Crippen LogP) is 1.48. The molecule has 1 saturated heterocycles. The number of likely N-dealkylation sites (N-methyl/N-ethyl adjacent to an activating group) is 1. The van der Waals surface area contributed by atoms with E-state index in [0.717, 1.165) is 25.2 Å². The molecule has 1 fully saturated rings. The second-order valence-electron chi connectivity index (χ2n) is 5.77. The molecule has 22 heavy (non-hydrogen) atoms. The zero-order valence-corrected chi connectivity index (χ0v) is 13.3. The highest BCUT2D eigenvalue weighted by Crippen LogP contribution is 2.22. The largest absolute Gasteiger partial charge is 0.490 e. The first kappa shape index (κ1) is 14.8. The number of aryl methyl sites for hydroxylation is 1. The molecule has 0 radical (unpaired) electrons. The van der Waals surface area contributed by atoms with E-state index < -0.39 is 0 Å².